The predicted molar refractivity (Wildman–Crippen MR) is 75.6 cm³/mol. The molecule has 0 spiro atoms. The monoisotopic (exact) mass is 348 g/mol. The molecule has 5 nitrogen and oxygen atoms in total. The molecule has 1 aromatic carbocycles. The third-order valence-electron chi connectivity index (χ3n) is 2.06. The fourth-order valence-electron chi connectivity index (χ4n) is 1.16. The van der Waals surface area contributed by atoms with E-state index in [-0.39, 0.29) is 11.9 Å². The van der Waals surface area contributed by atoms with Crippen molar-refractivity contribution >= 4 is 29.5 Å². The van der Waals surface area contributed by atoms with Gasteiger partial charge < -0.3 is 9.26 Å². The molecule has 0 heterocycles. The average molecular weight is 349 g/mol. The fourth-order valence-corrected chi connectivity index (χ4v) is 2.94. The van der Waals surface area contributed by atoms with Gasteiger partial charge in [-0.05, 0) is 12.1 Å². The molecule has 0 aliphatic rings. The largest absolute Gasteiger partial charge is 0.465 e. The Morgan fingerprint density at radius 3 is 2.53 bits per heavy atom. The van der Waals surface area contributed by atoms with E-state index < -0.39 is 13.6 Å². The Bertz CT molecular complexity index is 488. The molecule has 0 aromatic heterocycles. The number of hydrogen-bond acceptors (Lipinski definition) is 5. The van der Waals surface area contributed by atoms with Gasteiger partial charge in [0.1, 0.15) is 5.75 Å². The van der Waals surface area contributed by atoms with Crippen LogP contribution >= 0.6 is 23.5 Å². The van der Waals surface area contributed by atoms with Gasteiger partial charge in [-0.3, -0.25) is 4.52 Å². The molecule has 0 N–H and O–H groups in total. The maximum atomic E-state index is 12.6. The lowest BCUT2D eigenvalue weighted by Crippen LogP contribution is -2.11. The number of halogens is 1. The molecule has 0 radical (unpaired) electrons. The Morgan fingerprint density at radius 2 is 2.00 bits per heavy atom. The van der Waals surface area contributed by atoms with Crippen molar-refractivity contribution in [1.29, 1.82) is 0 Å². The zero-order valence-electron chi connectivity index (χ0n) is 10.4. The topological polar surface area (TPSA) is 61.8 Å². The highest BCUT2D eigenvalue weighted by Gasteiger charge is 2.36. The highest BCUT2D eigenvalue weighted by atomic mass is 79.9. The van der Waals surface area contributed by atoms with E-state index >= 15 is 0 Å². The number of alkyl halides is 1. The Morgan fingerprint density at radius 1 is 1.37 bits per heavy atom. The van der Waals surface area contributed by atoms with Crippen molar-refractivity contribution in [2.75, 3.05) is 19.0 Å². The SMILES string of the molecule is C=C(C(=O)OC)P(=O)(OCCBr)Oc1ccccc1. The fraction of sp³-hybridized carbons (Fsp3) is 0.250. The van der Waals surface area contributed by atoms with E-state index in [1.54, 1.807) is 30.3 Å². The predicted octanol–water partition coefficient (Wildman–Crippen LogP) is 3.36. The van der Waals surface area contributed by atoms with Crippen molar-refractivity contribution in [3.8, 4) is 5.75 Å². The Balaban J connectivity index is 2.96. The van der Waals surface area contributed by atoms with Crippen LogP contribution in [0.3, 0.4) is 0 Å². The molecule has 0 aliphatic heterocycles. The van der Waals surface area contributed by atoms with Crippen molar-refractivity contribution in [3.63, 3.8) is 0 Å². The summed E-state index contributed by atoms with van der Waals surface area (Å²) in [6.07, 6.45) is 0. The molecule has 1 atom stereocenters. The van der Waals surface area contributed by atoms with Crippen LogP contribution in [0, 0.1) is 0 Å². The molecule has 1 unspecified atom stereocenters. The minimum Gasteiger partial charge on any atom is -0.465 e. The van der Waals surface area contributed by atoms with Crippen molar-refractivity contribution in [2.45, 2.75) is 0 Å². The zero-order chi connectivity index (χ0) is 14.3. The quantitative estimate of drug-likeness (QED) is 0.327. The number of methoxy groups -OCH3 is 1. The van der Waals surface area contributed by atoms with Crippen LogP contribution in [0.25, 0.3) is 0 Å². The molecule has 1 rings (SSSR count). The second-order valence-electron chi connectivity index (χ2n) is 3.36. The van der Waals surface area contributed by atoms with E-state index in [4.69, 9.17) is 9.05 Å². The van der Waals surface area contributed by atoms with Crippen LogP contribution in [0.2, 0.25) is 0 Å². The van der Waals surface area contributed by atoms with Crippen molar-refractivity contribution in [2.24, 2.45) is 0 Å². The maximum absolute atomic E-state index is 12.6. The van der Waals surface area contributed by atoms with E-state index in [0.717, 1.165) is 0 Å². The van der Waals surface area contributed by atoms with Gasteiger partial charge in [0, 0.05) is 5.33 Å². The van der Waals surface area contributed by atoms with Gasteiger partial charge in [-0.15, -0.1) is 0 Å². The standard InChI is InChI=1S/C12H14BrO5P/c1-10(12(14)16-2)19(15,17-9-8-13)18-11-6-4-3-5-7-11/h3-7H,1,8-9H2,2H3. The van der Waals surface area contributed by atoms with Gasteiger partial charge in [0.05, 0.1) is 13.7 Å². The summed E-state index contributed by atoms with van der Waals surface area (Å²) in [5.74, 6) is -0.501. The highest BCUT2D eigenvalue weighted by Crippen LogP contribution is 2.55. The van der Waals surface area contributed by atoms with Crippen LogP contribution in [0.1, 0.15) is 0 Å². The molecule has 0 aliphatic carbocycles. The molecular formula is C12H14BrO5P. The lowest BCUT2D eigenvalue weighted by molar-refractivity contribution is -0.135. The summed E-state index contributed by atoms with van der Waals surface area (Å²) in [6.45, 7) is 3.55. The first-order valence-corrected chi connectivity index (χ1v) is 8.03. The highest BCUT2D eigenvalue weighted by molar-refractivity contribution is 9.09. The van der Waals surface area contributed by atoms with Crippen LogP contribution in [0.15, 0.2) is 42.2 Å². The van der Waals surface area contributed by atoms with Crippen LogP contribution in [-0.4, -0.2) is 25.0 Å². The summed E-state index contributed by atoms with van der Waals surface area (Å²) in [5, 5.41) is 0.114. The summed E-state index contributed by atoms with van der Waals surface area (Å²) in [7, 11) is -2.65. The lowest BCUT2D eigenvalue weighted by Gasteiger charge is -2.19. The van der Waals surface area contributed by atoms with Gasteiger partial charge in [-0.25, -0.2) is 9.36 Å². The van der Waals surface area contributed by atoms with Crippen molar-refractivity contribution in [3.05, 3.63) is 42.2 Å². The Hall–Kier alpha value is -1.10. The third kappa shape index (κ3) is 4.49. The van der Waals surface area contributed by atoms with Gasteiger partial charge in [0.2, 0.25) is 0 Å². The normalized spacial score (nSPS) is 13.4. The molecule has 19 heavy (non-hydrogen) atoms. The number of para-hydroxylation sites is 1. The summed E-state index contributed by atoms with van der Waals surface area (Å²) in [4.78, 5) is 11.4. The van der Waals surface area contributed by atoms with E-state index in [0.29, 0.717) is 11.1 Å². The minimum absolute atomic E-state index is 0.111. The van der Waals surface area contributed by atoms with Crippen LogP contribution in [0.4, 0.5) is 0 Å². The zero-order valence-corrected chi connectivity index (χ0v) is 12.9. The van der Waals surface area contributed by atoms with E-state index in [9.17, 15) is 9.36 Å². The number of esters is 1. The molecule has 0 amide bonds. The maximum Gasteiger partial charge on any atom is 0.417 e. The van der Waals surface area contributed by atoms with Gasteiger partial charge in [0.25, 0.3) is 0 Å². The molecule has 0 fully saturated rings. The number of benzene rings is 1. The first kappa shape index (κ1) is 16.0. The van der Waals surface area contributed by atoms with Gasteiger partial charge in [-0.1, -0.05) is 40.7 Å². The second kappa shape index (κ2) is 7.48. The molecule has 104 valence electrons. The summed E-state index contributed by atoms with van der Waals surface area (Å²) in [5.41, 5.74) is 0. The Kier molecular flexibility index (Phi) is 6.28. The summed E-state index contributed by atoms with van der Waals surface area (Å²) < 4.78 is 27.5. The number of ether oxygens (including phenoxy) is 1. The van der Waals surface area contributed by atoms with E-state index in [1.807, 2.05) is 0 Å². The molecular weight excluding hydrogens is 335 g/mol. The lowest BCUT2D eigenvalue weighted by atomic mass is 10.3. The van der Waals surface area contributed by atoms with Gasteiger partial charge in [-0.2, -0.15) is 0 Å². The number of carbonyl (C=O) groups is 1. The minimum atomic E-state index is -3.82. The molecule has 0 saturated heterocycles. The van der Waals surface area contributed by atoms with E-state index in [1.165, 1.54) is 7.11 Å². The number of carbonyl (C=O) groups excluding carboxylic acids is 1. The number of rotatable bonds is 7. The Labute approximate surface area is 120 Å². The molecule has 7 heteroatoms. The molecule has 0 saturated carbocycles. The smallest absolute Gasteiger partial charge is 0.417 e. The van der Waals surface area contributed by atoms with Crippen molar-refractivity contribution < 1.29 is 23.1 Å². The average Bonchev–Trinajstić information content (AvgIpc) is 2.44. The van der Waals surface area contributed by atoms with Crippen LogP contribution < -0.4 is 4.52 Å². The summed E-state index contributed by atoms with van der Waals surface area (Å²) in [6, 6.07) is 8.42. The van der Waals surface area contributed by atoms with E-state index in [2.05, 4.69) is 27.2 Å². The third-order valence-corrected chi connectivity index (χ3v) is 4.20. The van der Waals surface area contributed by atoms with Crippen molar-refractivity contribution in [1.82, 2.24) is 0 Å². The van der Waals surface area contributed by atoms with Gasteiger partial charge in [0.15, 0.2) is 5.31 Å². The molecule has 0 bridgehead atoms. The number of hydrogen-bond donors (Lipinski definition) is 0. The molecule has 1 aromatic rings. The second-order valence-corrected chi connectivity index (χ2v) is 6.13. The van der Waals surface area contributed by atoms with Crippen LogP contribution in [-0.2, 0) is 18.6 Å². The van der Waals surface area contributed by atoms with Crippen LogP contribution in [0.5, 0.6) is 5.75 Å². The van der Waals surface area contributed by atoms with Gasteiger partial charge >= 0.3 is 13.6 Å². The first-order chi connectivity index (χ1) is 9.03. The summed E-state index contributed by atoms with van der Waals surface area (Å²) >= 11 is 3.14. The first-order valence-electron chi connectivity index (χ1n) is 5.36.